The molecular formula is C40H44N6O6. The second-order valence-electron chi connectivity index (χ2n) is 14.7. The van der Waals surface area contributed by atoms with Gasteiger partial charge in [0.1, 0.15) is 0 Å². The van der Waals surface area contributed by atoms with E-state index in [4.69, 9.17) is 11.5 Å². The molecule has 2 saturated heterocycles. The number of hydrogen-bond acceptors (Lipinski definition) is 6. The first-order chi connectivity index (χ1) is 25.0. The quantitative estimate of drug-likeness (QED) is 0.220. The molecule has 0 spiro atoms. The molecule has 0 unspecified atom stereocenters. The van der Waals surface area contributed by atoms with E-state index in [0.29, 0.717) is 11.1 Å². The topological polar surface area (TPSA) is 185 Å². The highest BCUT2D eigenvalue weighted by Crippen LogP contribution is 2.42. The van der Waals surface area contributed by atoms with Crippen LogP contribution in [0.4, 0.5) is 0 Å². The first-order valence-electron chi connectivity index (χ1n) is 18.0. The van der Waals surface area contributed by atoms with E-state index in [-0.39, 0.29) is 86.6 Å². The van der Waals surface area contributed by atoms with Crippen LogP contribution < -0.4 is 22.1 Å². The van der Waals surface area contributed by atoms with Gasteiger partial charge in [0, 0.05) is 50.1 Å². The van der Waals surface area contributed by atoms with Crippen molar-refractivity contribution in [2.45, 2.75) is 49.6 Å². The van der Waals surface area contributed by atoms with Gasteiger partial charge in [-0.2, -0.15) is 0 Å². The summed E-state index contributed by atoms with van der Waals surface area (Å²) in [6.45, 7) is 0.397. The number of nitrogens with two attached hydrogens (primary N) is 2. The maximum Gasteiger partial charge on any atom is 0.227 e. The summed E-state index contributed by atoms with van der Waals surface area (Å²) in [7, 11) is 0. The molecule has 3 aromatic rings. The lowest BCUT2D eigenvalue weighted by atomic mass is 9.94. The molecule has 12 heteroatoms. The van der Waals surface area contributed by atoms with Gasteiger partial charge in [0.25, 0.3) is 0 Å². The van der Waals surface area contributed by atoms with E-state index in [1.165, 1.54) is 9.80 Å². The number of likely N-dealkylation sites (tertiary alicyclic amines) is 2. The Labute approximate surface area is 302 Å². The molecule has 12 nitrogen and oxygen atoms in total. The average Bonchev–Trinajstić information content (AvgIpc) is 3.97. The average molecular weight is 705 g/mol. The number of primary amides is 2. The molecule has 6 amide bonds. The van der Waals surface area contributed by atoms with Crippen LogP contribution in [0.3, 0.4) is 0 Å². The van der Waals surface area contributed by atoms with E-state index in [1.807, 2.05) is 60.7 Å². The van der Waals surface area contributed by atoms with Crippen molar-refractivity contribution in [1.29, 1.82) is 0 Å². The minimum atomic E-state index is -0.767. The molecule has 6 N–H and O–H groups in total. The number of nitrogens with zero attached hydrogens (tertiary/aromatic N) is 2. The van der Waals surface area contributed by atoms with E-state index < -0.39 is 35.5 Å². The van der Waals surface area contributed by atoms with Crippen LogP contribution in [0.2, 0.25) is 0 Å². The van der Waals surface area contributed by atoms with E-state index in [1.54, 1.807) is 24.3 Å². The molecule has 270 valence electrons. The second kappa shape index (κ2) is 14.6. The zero-order valence-electron chi connectivity index (χ0n) is 28.9. The third kappa shape index (κ3) is 7.70. The van der Waals surface area contributed by atoms with Gasteiger partial charge in [-0.25, -0.2) is 0 Å². The van der Waals surface area contributed by atoms with Crippen molar-refractivity contribution >= 4 is 35.4 Å². The minimum absolute atomic E-state index is 0.00448. The third-order valence-corrected chi connectivity index (χ3v) is 11.2. The Morgan fingerprint density at radius 1 is 0.519 bits per heavy atom. The van der Waals surface area contributed by atoms with Crippen LogP contribution in [0.5, 0.6) is 0 Å². The summed E-state index contributed by atoms with van der Waals surface area (Å²) in [5, 5.41) is 6.11. The highest BCUT2D eigenvalue weighted by atomic mass is 16.2. The largest absolute Gasteiger partial charge is 0.369 e. The van der Waals surface area contributed by atoms with Crippen molar-refractivity contribution < 1.29 is 28.8 Å². The number of carbonyl (C=O) groups excluding carboxylic acids is 6. The molecule has 0 radical (unpaired) electrons. The van der Waals surface area contributed by atoms with E-state index in [0.717, 1.165) is 24.0 Å². The molecule has 2 heterocycles. The molecule has 8 atom stereocenters. The predicted octanol–water partition coefficient (Wildman–Crippen LogP) is 1.24. The lowest BCUT2D eigenvalue weighted by molar-refractivity contribution is -0.131. The van der Waals surface area contributed by atoms with Gasteiger partial charge >= 0.3 is 0 Å². The molecule has 0 bridgehead atoms. The van der Waals surface area contributed by atoms with Crippen LogP contribution in [0.1, 0.15) is 46.9 Å². The molecule has 2 aliphatic carbocycles. The Hall–Kier alpha value is -5.52. The monoisotopic (exact) mass is 704 g/mol. The molecule has 4 fully saturated rings. The second-order valence-corrected chi connectivity index (χ2v) is 14.7. The molecule has 3 aromatic carbocycles. The lowest BCUT2D eigenvalue weighted by Crippen LogP contribution is -2.40. The Morgan fingerprint density at radius 3 is 1.21 bits per heavy atom. The van der Waals surface area contributed by atoms with Gasteiger partial charge in [0.15, 0.2) is 0 Å². The number of nitrogens with one attached hydrogen (secondary N) is 2. The number of hydrogen-bond donors (Lipinski definition) is 4. The highest BCUT2D eigenvalue weighted by Gasteiger charge is 2.47. The first-order valence-corrected chi connectivity index (χ1v) is 18.0. The maximum atomic E-state index is 13.3. The van der Waals surface area contributed by atoms with E-state index >= 15 is 0 Å². The third-order valence-electron chi connectivity index (χ3n) is 11.2. The van der Waals surface area contributed by atoms with Crippen molar-refractivity contribution in [2.24, 2.45) is 35.1 Å². The lowest BCUT2D eigenvalue weighted by Gasteiger charge is -2.17. The summed E-state index contributed by atoms with van der Waals surface area (Å²) in [4.78, 5) is 80.7. The van der Waals surface area contributed by atoms with Gasteiger partial charge in [-0.05, 0) is 35.1 Å². The van der Waals surface area contributed by atoms with Crippen molar-refractivity contribution in [2.75, 3.05) is 26.2 Å². The standard InChI is InChI=1S/C40H44N6O6/c41-37(49)29-19-45(21-31(29)39(51)43-33-17-27(33)25-7-3-1-4-8-25)35(47)15-23-11-13-24(14-12-23)16-36(48)46-20-30(38(42)50)32(22-46)40(52)44-34-18-28(34)26-9-5-2-6-10-26/h1-14,27-34H,15-22H2,(H2,41,49)(H2,42,50)(H,43,51)(H,44,52)/t27-,28-,29-,30-,31-,32-,33+,34+/m1/s1. The van der Waals surface area contributed by atoms with Crippen molar-refractivity contribution in [1.82, 2.24) is 20.4 Å². The molecule has 4 aliphatic rings. The number of rotatable bonds is 12. The molecule has 2 aliphatic heterocycles. The SMILES string of the molecule is NC(=O)[C@@H]1CN(C(=O)Cc2ccc(CC(=O)N3C[C@@H](C(N)=O)[C@H](C(=O)N[C@H]4C[C@@H]4c4ccccc4)C3)cc2)C[C@H]1C(=O)N[C@H]1C[C@@H]1c1ccccc1. The molecule has 52 heavy (non-hydrogen) atoms. The molecular weight excluding hydrogens is 660 g/mol. The van der Waals surface area contributed by atoms with Crippen molar-refractivity contribution in [3.8, 4) is 0 Å². The number of benzene rings is 3. The summed E-state index contributed by atoms with van der Waals surface area (Å²) in [5.74, 6) is -4.66. The predicted molar refractivity (Wildman–Crippen MR) is 191 cm³/mol. The Morgan fingerprint density at radius 2 is 0.865 bits per heavy atom. The molecule has 2 saturated carbocycles. The van der Waals surface area contributed by atoms with Gasteiger partial charge in [-0.15, -0.1) is 0 Å². The van der Waals surface area contributed by atoms with Gasteiger partial charge in [-0.3, -0.25) is 28.8 Å². The van der Waals surface area contributed by atoms with Gasteiger partial charge < -0.3 is 31.9 Å². The zero-order valence-corrected chi connectivity index (χ0v) is 28.9. The van der Waals surface area contributed by atoms with Crippen LogP contribution in [0, 0.1) is 23.7 Å². The fourth-order valence-corrected chi connectivity index (χ4v) is 7.90. The van der Waals surface area contributed by atoms with Crippen LogP contribution in [0.25, 0.3) is 0 Å². The fourth-order valence-electron chi connectivity index (χ4n) is 7.90. The highest BCUT2D eigenvalue weighted by molar-refractivity contribution is 5.91. The van der Waals surface area contributed by atoms with Crippen LogP contribution in [0.15, 0.2) is 84.9 Å². The summed E-state index contributed by atoms with van der Waals surface area (Å²) >= 11 is 0. The normalized spacial score (nSPS) is 27.5. The smallest absolute Gasteiger partial charge is 0.227 e. The Bertz CT molecular complexity index is 1720. The minimum Gasteiger partial charge on any atom is -0.369 e. The first kappa shape index (κ1) is 34.9. The van der Waals surface area contributed by atoms with Crippen LogP contribution >= 0.6 is 0 Å². The molecule has 0 aromatic heterocycles. The van der Waals surface area contributed by atoms with Gasteiger partial charge in [-0.1, -0.05) is 84.9 Å². The summed E-state index contributed by atoms with van der Waals surface area (Å²) in [5.41, 5.74) is 15.1. The molecule has 7 rings (SSSR count). The zero-order chi connectivity index (χ0) is 36.5. The van der Waals surface area contributed by atoms with Crippen molar-refractivity contribution in [3.63, 3.8) is 0 Å². The Balaban J connectivity index is 0.894. The summed E-state index contributed by atoms with van der Waals surface area (Å²) in [6, 6.07) is 27.0. The van der Waals surface area contributed by atoms with Crippen LogP contribution in [-0.2, 0) is 41.6 Å². The number of carbonyl (C=O) groups is 6. The van der Waals surface area contributed by atoms with Gasteiger partial charge in [0.05, 0.1) is 36.5 Å². The summed E-state index contributed by atoms with van der Waals surface area (Å²) < 4.78 is 0. The van der Waals surface area contributed by atoms with Crippen LogP contribution in [-0.4, -0.2) is 83.5 Å². The fraction of sp³-hybridized carbons (Fsp3) is 0.400. The van der Waals surface area contributed by atoms with E-state index in [2.05, 4.69) is 10.6 Å². The summed E-state index contributed by atoms with van der Waals surface area (Å²) in [6.07, 6.45) is 1.77. The maximum absolute atomic E-state index is 13.3. The van der Waals surface area contributed by atoms with Gasteiger partial charge in [0.2, 0.25) is 35.4 Å². The van der Waals surface area contributed by atoms with E-state index in [9.17, 15) is 28.8 Å². The van der Waals surface area contributed by atoms with Crippen molar-refractivity contribution in [3.05, 3.63) is 107 Å². The Kier molecular flexibility index (Phi) is 9.81. The number of amides is 6.